The van der Waals surface area contributed by atoms with E-state index in [0.717, 1.165) is 34.8 Å². The molecule has 0 saturated carbocycles. The molecule has 1 unspecified atom stereocenters. The monoisotopic (exact) mass is 304 g/mol. The van der Waals surface area contributed by atoms with Crippen molar-refractivity contribution in [3.05, 3.63) is 27.3 Å². The van der Waals surface area contributed by atoms with Crippen molar-refractivity contribution in [2.45, 2.75) is 51.9 Å². The minimum atomic E-state index is 0.0170. The van der Waals surface area contributed by atoms with Crippen LogP contribution in [0.15, 0.2) is 5.38 Å². The van der Waals surface area contributed by atoms with Crippen molar-refractivity contribution < 1.29 is 4.79 Å². The maximum atomic E-state index is 11.9. The van der Waals surface area contributed by atoms with Crippen LogP contribution >= 0.6 is 11.3 Å². The summed E-state index contributed by atoms with van der Waals surface area (Å²) >= 11 is 1.65. The van der Waals surface area contributed by atoms with Crippen molar-refractivity contribution in [1.29, 1.82) is 0 Å². The molecule has 0 bridgehead atoms. The first-order valence-corrected chi connectivity index (χ1v) is 8.30. The molecule has 1 aliphatic heterocycles. The zero-order valence-corrected chi connectivity index (χ0v) is 13.4. The molecule has 0 aliphatic carbocycles. The molecule has 2 aromatic heterocycles. The Bertz CT molecular complexity index is 658. The lowest BCUT2D eigenvalue weighted by Crippen LogP contribution is -2.23. The van der Waals surface area contributed by atoms with Gasteiger partial charge in [0, 0.05) is 23.1 Å². The van der Waals surface area contributed by atoms with Crippen molar-refractivity contribution in [3.8, 4) is 0 Å². The zero-order valence-electron chi connectivity index (χ0n) is 12.6. The number of amides is 1. The van der Waals surface area contributed by atoms with Crippen molar-refractivity contribution in [3.63, 3.8) is 0 Å². The second kappa shape index (κ2) is 5.60. The molecule has 3 rings (SSSR count). The molecule has 5 nitrogen and oxygen atoms in total. The summed E-state index contributed by atoms with van der Waals surface area (Å²) < 4.78 is 0. The van der Waals surface area contributed by atoms with Gasteiger partial charge in [0.1, 0.15) is 5.01 Å². The third-order valence-corrected chi connectivity index (χ3v) is 4.78. The standard InChI is InChI=1S/C15H20N4OS/c1-4-5-10-13-9(6-12(20)17-14(13)19-18-10)15-16-11(7-21-15)8(2)3/h7-9H,4-6H2,1-3H3,(H2,17,18,19,20). The smallest absolute Gasteiger partial charge is 0.226 e. The van der Waals surface area contributed by atoms with Crippen LogP contribution < -0.4 is 5.32 Å². The van der Waals surface area contributed by atoms with Crippen LogP contribution in [0.4, 0.5) is 5.82 Å². The Kier molecular flexibility index (Phi) is 3.80. The number of aromatic nitrogens is 3. The molecule has 1 aliphatic rings. The molecule has 0 spiro atoms. The van der Waals surface area contributed by atoms with Crippen LogP contribution in [0.1, 0.15) is 67.4 Å². The quantitative estimate of drug-likeness (QED) is 0.909. The minimum absolute atomic E-state index is 0.0170. The average Bonchev–Trinajstić information content (AvgIpc) is 3.05. The van der Waals surface area contributed by atoms with Gasteiger partial charge in [-0.15, -0.1) is 11.3 Å². The minimum Gasteiger partial charge on any atom is -0.309 e. The molecule has 0 radical (unpaired) electrons. The van der Waals surface area contributed by atoms with Gasteiger partial charge in [-0.1, -0.05) is 27.2 Å². The number of nitrogens with zero attached hydrogens (tertiary/aromatic N) is 2. The van der Waals surface area contributed by atoms with Gasteiger partial charge in [0.05, 0.1) is 11.6 Å². The largest absolute Gasteiger partial charge is 0.309 e. The lowest BCUT2D eigenvalue weighted by atomic mass is 9.91. The summed E-state index contributed by atoms with van der Waals surface area (Å²) in [6, 6.07) is 0. The summed E-state index contributed by atoms with van der Waals surface area (Å²) in [6.07, 6.45) is 2.44. The Balaban J connectivity index is 2.02. The molecule has 0 saturated heterocycles. The first kappa shape index (κ1) is 14.3. The molecule has 1 amide bonds. The van der Waals surface area contributed by atoms with Gasteiger partial charge in [0.2, 0.25) is 5.91 Å². The summed E-state index contributed by atoms with van der Waals surface area (Å²) in [4.78, 5) is 16.7. The highest BCUT2D eigenvalue weighted by Crippen LogP contribution is 2.40. The first-order chi connectivity index (χ1) is 10.1. The highest BCUT2D eigenvalue weighted by Gasteiger charge is 2.33. The van der Waals surface area contributed by atoms with Crippen LogP contribution in [0.2, 0.25) is 0 Å². The molecule has 2 N–H and O–H groups in total. The Morgan fingerprint density at radius 2 is 2.29 bits per heavy atom. The summed E-state index contributed by atoms with van der Waals surface area (Å²) in [6.45, 7) is 6.42. The number of rotatable bonds is 4. The van der Waals surface area contributed by atoms with Crippen molar-refractivity contribution in [2.24, 2.45) is 0 Å². The van der Waals surface area contributed by atoms with Crippen molar-refractivity contribution >= 4 is 23.1 Å². The fourth-order valence-electron chi connectivity index (χ4n) is 2.71. The second-order valence-corrected chi connectivity index (χ2v) is 6.67. The molecule has 3 heterocycles. The van der Waals surface area contributed by atoms with Crippen LogP contribution in [0, 0.1) is 0 Å². The fraction of sp³-hybridized carbons (Fsp3) is 0.533. The van der Waals surface area contributed by atoms with Crippen LogP contribution in [-0.4, -0.2) is 21.1 Å². The molecule has 112 valence electrons. The lowest BCUT2D eigenvalue weighted by molar-refractivity contribution is -0.116. The van der Waals surface area contributed by atoms with E-state index in [0.29, 0.717) is 18.2 Å². The highest BCUT2D eigenvalue weighted by molar-refractivity contribution is 7.09. The number of nitrogens with one attached hydrogen (secondary N) is 2. The van der Waals surface area contributed by atoms with E-state index in [9.17, 15) is 4.79 Å². The molecule has 2 aromatic rings. The zero-order chi connectivity index (χ0) is 15.0. The number of hydrogen-bond acceptors (Lipinski definition) is 4. The summed E-state index contributed by atoms with van der Waals surface area (Å²) in [5.74, 6) is 1.14. The van der Waals surface area contributed by atoms with Gasteiger partial charge in [0.25, 0.3) is 0 Å². The predicted molar refractivity (Wildman–Crippen MR) is 83.9 cm³/mol. The third-order valence-electron chi connectivity index (χ3n) is 3.81. The van der Waals surface area contributed by atoms with E-state index in [1.807, 2.05) is 0 Å². The Morgan fingerprint density at radius 3 is 2.95 bits per heavy atom. The van der Waals surface area contributed by atoms with Gasteiger partial charge in [-0.2, -0.15) is 5.10 Å². The normalized spacial score (nSPS) is 17.9. The molecule has 0 aromatic carbocycles. The number of anilines is 1. The molecular formula is C15H20N4OS. The fourth-order valence-corrected chi connectivity index (χ4v) is 3.80. The molecule has 1 atom stereocenters. The Morgan fingerprint density at radius 1 is 1.48 bits per heavy atom. The number of carbonyl (C=O) groups excluding carboxylic acids is 1. The predicted octanol–water partition coefficient (Wildman–Crippen LogP) is 3.42. The maximum absolute atomic E-state index is 11.9. The van der Waals surface area contributed by atoms with Gasteiger partial charge >= 0.3 is 0 Å². The molecule has 21 heavy (non-hydrogen) atoms. The summed E-state index contributed by atoms with van der Waals surface area (Å²) in [5.41, 5.74) is 3.35. The van der Waals surface area contributed by atoms with Gasteiger partial charge in [-0.25, -0.2) is 4.98 Å². The van der Waals surface area contributed by atoms with E-state index in [1.54, 1.807) is 11.3 Å². The van der Waals surface area contributed by atoms with E-state index in [4.69, 9.17) is 4.98 Å². The van der Waals surface area contributed by atoms with E-state index < -0.39 is 0 Å². The van der Waals surface area contributed by atoms with Crippen LogP contribution in [0.5, 0.6) is 0 Å². The number of aryl methyl sites for hydroxylation is 1. The molecule has 6 heteroatoms. The Labute approximate surface area is 128 Å². The van der Waals surface area contributed by atoms with Gasteiger partial charge < -0.3 is 5.32 Å². The highest BCUT2D eigenvalue weighted by atomic mass is 32.1. The summed E-state index contributed by atoms with van der Waals surface area (Å²) in [5, 5.41) is 13.3. The van der Waals surface area contributed by atoms with Crippen molar-refractivity contribution in [2.75, 3.05) is 5.32 Å². The van der Waals surface area contributed by atoms with Crippen LogP contribution in [0.25, 0.3) is 0 Å². The molecular weight excluding hydrogens is 284 g/mol. The number of thiazole rings is 1. The number of H-pyrrole nitrogens is 1. The van der Waals surface area contributed by atoms with E-state index >= 15 is 0 Å². The number of fused-ring (bicyclic) bond motifs is 1. The average molecular weight is 304 g/mol. The maximum Gasteiger partial charge on any atom is 0.226 e. The third kappa shape index (κ3) is 2.60. The van der Waals surface area contributed by atoms with E-state index in [-0.39, 0.29) is 11.8 Å². The van der Waals surface area contributed by atoms with E-state index in [2.05, 4.69) is 41.7 Å². The van der Waals surface area contributed by atoms with E-state index in [1.165, 1.54) is 0 Å². The number of hydrogen-bond donors (Lipinski definition) is 2. The summed E-state index contributed by atoms with van der Waals surface area (Å²) in [7, 11) is 0. The second-order valence-electron chi connectivity index (χ2n) is 5.78. The Hall–Kier alpha value is -1.69. The van der Waals surface area contributed by atoms with Crippen LogP contribution in [0.3, 0.4) is 0 Å². The van der Waals surface area contributed by atoms with Crippen molar-refractivity contribution in [1.82, 2.24) is 15.2 Å². The van der Waals surface area contributed by atoms with Crippen LogP contribution in [-0.2, 0) is 11.2 Å². The number of aromatic amines is 1. The van der Waals surface area contributed by atoms with Gasteiger partial charge in [0.15, 0.2) is 5.82 Å². The van der Waals surface area contributed by atoms with Gasteiger partial charge in [-0.05, 0) is 12.3 Å². The van der Waals surface area contributed by atoms with Gasteiger partial charge in [-0.3, -0.25) is 9.89 Å². The molecule has 0 fully saturated rings. The topological polar surface area (TPSA) is 70.7 Å². The number of carbonyl (C=O) groups is 1. The lowest BCUT2D eigenvalue weighted by Gasteiger charge is -2.21. The SMILES string of the molecule is CCCc1[nH]nc2c1C(c1nc(C(C)C)cs1)CC(=O)N2. The first-order valence-electron chi connectivity index (χ1n) is 7.42.